The smallest absolute Gasteiger partial charge is 0.292 e. The van der Waals surface area contributed by atoms with Crippen molar-refractivity contribution in [3.63, 3.8) is 0 Å². The van der Waals surface area contributed by atoms with Crippen LogP contribution in [0, 0.1) is 10.1 Å². The van der Waals surface area contributed by atoms with E-state index in [-0.39, 0.29) is 16.5 Å². The Kier molecular flexibility index (Phi) is 4.26. The van der Waals surface area contributed by atoms with E-state index >= 15 is 0 Å². The molecule has 3 aromatic rings. The van der Waals surface area contributed by atoms with E-state index in [1.807, 2.05) is 0 Å². The number of halogens is 1. The van der Waals surface area contributed by atoms with Gasteiger partial charge in [-0.3, -0.25) is 14.9 Å². The molecule has 0 fully saturated rings. The van der Waals surface area contributed by atoms with Crippen LogP contribution in [0.5, 0.6) is 0 Å². The first-order valence-corrected chi connectivity index (χ1v) is 7.19. The Balaban J connectivity index is 1.83. The number of nitro groups is 1. The number of carbonyl (C=O) groups excluding carboxylic acids is 1. The Bertz CT molecular complexity index is 909. The van der Waals surface area contributed by atoms with Crippen LogP contribution in [-0.4, -0.2) is 15.8 Å². The molecule has 0 unspecified atom stereocenters. The van der Waals surface area contributed by atoms with Crippen molar-refractivity contribution in [1.29, 1.82) is 0 Å². The van der Waals surface area contributed by atoms with Gasteiger partial charge in [0.15, 0.2) is 5.76 Å². The number of amides is 1. The number of hydrogen-bond acceptors (Lipinski definition) is 5. The second-order valence-electron chi connectivity index (χ2n) is 4.75. The van der Waals surface area contributed by atoms with Crippen molar-refractivity contribution in [1.82, 2.24) is 4.98 Å². The first-order chi connectivity index (χ1) is 11.5. The standard InChI is InChI=1S/C16H10ClN3O4/c17-12-9-10(20(22)23)4-5-11(12)13-6-7-14(24-13)16(21)19-15-3-1-2-8-18-15/h1-9H,(H,18,19,21). The van der Waals surface area contributed by atoms with Crippen LogP contribution in [0.25, 0.3) is 11.3 Å². The zero-order valence-corrected chi connectivity index (χ0v) is 12.9. The van der Waals surface area contributed by atoms with Gasteiger partial charge in [0.25, 0.3) is 11.6 Å². The maximum atomic E-state index is 12.1. The van der Waals surface area contributed by atoms with E-state index in [4.69, 9.17) is 16.0 Å². The van der Waals surface area contributed by atoms with Crippen molar-refractivity contribution in [2.75, 3.05) is 5.32 Å². The molecule has 0 bridgehead atoms. The average Bonchev–Trinajstić information content (AvgIpc) is 3.05. The first-order valence-electron chi connectivity index (χ1n) is 6.81. The molecule has 0 aliphatic heterocycles. The van der Waals surface area contributed by atoms with Crippen molar-refractivity contribution in [3.8, 4) is 11.3 Å². The second kappa shape index (κ2) is 6.51. The minimum absolute atomic E-state index is 0.0741. The molecule has 1 aromatic carbocycles. The Morgan fingerprint density at radius 3 is 2.71 bits per heavy atom. The molecule has 0 saturated heterocycles. The predicted octanol–water partition coefficient (Wildman–Crippen LogP) is 4.16. The lowest BCUT2D eigenvalue weighted by Gasteiger charge is -2.02. The van der Waals surface area contributed by atoms with Gasteiger partial charge in [0.2, 0.25) is 0 Å². The van der Waals surface area contributed by atoms with E-state index in [2.05, 4.69) is 10.3 Å². The number of aromatic nitrogens is 1. The molecule has 3 rings (SSSR count). The van der Waals surface area contributed by atoms with Crippen LogP contribution in [0.3, 0.4) is 0 Å². The summed E-state index contributed by atoms with van der Waals surface area (Å²) >= 11 is 6.05. The predicted molar refractivity (Wildman–Crippen MR) is 88.0 cm³/mol. The fraction of sp³-hybridized carbons (Fsp3) is 0. The maximum Gasteiger partial charge on any atom is 0.292 e. The molecule has 2 heterocycles. The van der Waals surface area contributed by atoms with Crippen molar-refractivity contribution in [3.05, 3.63) is 75.6 Å². The highest BCUT2D eigenvalue weighted by molar-refractivity contribution is 6.33. The van der Waals surface area contributed by atoms with E-state index in [1.165, 1.54) is 24.3 Å². The van der Waals surface area contributed by atoms with Crippen LogP contribution in [0.4, 0.5) is 11.5 Å². The lowest BCUT2D eigenvalue weighted by molar-refractivity contribution is -0.384. The molecule has 0 atom stereocenters. The Morgan fingerprint density at radius 2 is 2.04 bits per heavy atom. The van der Waals surface area contributed by atoms with Gasteiger partial charge in [-0.2, -0.15) is 0 Å². The highest BCUT2D eigenvalue weighted by Gasteiger charge is 2.16. The molecular weight excluding hydrogens is 334 g/mol. The summed E-state index contributed by atoms with van der Waals surface area (Å²) in [6.45, 7) is 0. The summed E-state index contributed by atoms with van der Waals surface area (Å²) in [6.07, 6.45) is 1.56. The van der Waals surface area contributed by atoms with Gasteiger partial charge in [-0.25, -0.2) is 4.98 Å². The molecule has 0 saturated carbocycles. The topological polar surface area (TPSA) is 98.3 Å². The summed E-state index contributed by atoms with van der Waals surface area (Å²) in [5.74, 6) is 0.345. The molecule has 0 spiro atoms. The van der Waals surface area contributed by atoms with Crippen LogP contribution >= 0.6 is 11.6 Å². The van der Waals surface area contributed by atoms with Crippen LogP contribution in [0.1, 0.15) is 10.6 Å². The average molecular weight is 344 g/mol. The molecule has 1 amide bonds. The normalized spacial score (nSPS) is 10.4. The highest BCUT2D eigenvalue weighted by Crippen LogP contribution is 2.32. The zero-order valence-electron chi connectivity index (χ0n) is 12.1. The van der Waals surface area contributed by atoms with E-state index in [1.54, 1.807) is 30.5 Å². The number of furan rings is 1. The molecule has 7 nitrogen and oxygen atoms in total. The molecule has 120 valence electrons. The fourth-order valence-corrected chi connectivity index (χ4v) is 2.30. The van der Waals surface area contributed by atoms with Crippen LogP contribution < -0.4 is 5.32 Å². The van der Waals surface area contributed by atoms with E-state index in [0.29, 0.717) is 17.1 Å². The number of pyridine rings is 1. The van der Waals surface area contributed by atoms with E-state index in [0.717, 1.165) is 0 Å². The number of anilines is 1. The Morgan fingerprint density at radius 1 is 1.21 bits per heavy atom. The monoisotopic (exact) mass is 343 g/mol. The Hall–Kier alpha value is -3.19. The minimum atomic E-state index is -0.538. The van der Waals surface area contributed by atoms with Gasteiger partial charge in [0.1, 0.15) is 11.6 Å². The largest absolute Gasteiger partial charge is 0.451 e. The van der Waals surface area contributed by atoms with Gasteiger partial charge in [-0.1, -0.05) is 17.7 Å². The number of hydrogen-bond donors (Lipinski definition) is 1. The number of carbonyl (C=O) groups is 1. The molecule has 8 heteroatoms. The van der Waals surface area contributed by atoms with Gasteiger partial charge >= 0.3 is 0 Å². The third-order valence-corrected chi connectivity index (χ3v) is 3.48. The van der Waals surface area contributed by atoms with E-state index in [9.17, 15) is 14.9 Å². The van der Waals surface area contributed by atoms with E-state index < -0.39 is 10.8 Å². The summed E-state index contributed by atoms with van der Waals surface area (Å²) in [7, 11) is 0. The second-order valence-corrected chi connectivity index (χ2v) is 5.16. The van der Waals surface area contributed by atoms with Gasteiger partial charge < -0.3 is 9.73 Å². The number of nitro benzene ring substituents is 1. The Labute approximate surface area is 141 Å². The quantitative estimate of drug-likeness (QED) is 0.566. The molecular formula is C16H10ClN3O4. The molecule has 0 aliphatic carbocycles. The molecule has 24 heavy (non-hydrogen) atoms. The van der Waals surface area contributed by atoms with Crippen molar-refractivity contribution < 1.29 is 14.1 Å². The van der Waals surface area contributed by atoms with Crippen LogP contribution in [-0.2, 0) is 0 Å². The third kappa shape index (κ3) is 3.26. The van der Waals surface area contributed by atoms with Crippen molar-refractivity contribution in [2.45, 2.75) is 0 Å². The fourth-order valence-electron chi connectivity index (χ4n) is 2.04. The molecule has 0 radical (unpaired) electrons. The number of non-ortho nitro benzene ring substituents is 1. The molecule has 1 N–H and O–H groups in total. The number of nitrogens with zero attached hydrogens (tertiary/aromatic N) is 2. The summed E-state index contributed by atoms with van der Waals surface area (Å²) in [5, 5.41) is 13.5. The molecule has 2 aromatic heterocycles. The van der Waals surface area contributed by atoms with Gasteiger partial charge in [0, 0.05) is 23.9 Å². The minimum Gasteiger partial charge on any atom is -0.451 e. The van der Waals surface area contributed by atoms with Crippen molar-refractivity contribution >= 4 is 29.0 Å². The summed E-state index contributed by atoms with van der Waals surface area (Å²) in [4.78, 5) is 26.3. The zero-order chi connectivity index (χ0) is 17.1. The SMILES string of the molecule is O=C(Nc1ccccn1)c1ccc(-c2ccc([N+](=O)[O-])cc2Cl)o1. The van der Waals surface area contributed by atoms with Crippen molar-refractivity contribution in [2.24, 2.45) is 0 Å². The van der Waals surface area contributed by atoms with Gasteiger partial charge in [-0.15, -0.1) is 0 Å². The lowest BCUT2D eigenvalue weighted by atomic mass is 10.1. The molecule has 0 aliphatic rings. The van der Waals surface area contributed by atoms with Crippen LogP contribution in [0.15, 0.2) is 59.1 Å². The number of benzene rings is 1. The maximum absolute atomic E-state index is 12.1. The summed E-state index contributed by atoms with van der Waals surface area (Å²) in [6, 6.07) is 12.2. The highest BCUT2D eigenvalue weighted by atomic mass is 35.5. The third-order valence-electron chi connectivity index (χ3n) is 3.17. The number of nitrogens with one attached hydrogen (secondary N) is 1. The first kappa shape index (κ1) is 15.7. The van der Waals surface area contributed by atoms with Crippen LogP contribution in [0.2, 0.25) is 5.02 Å². The summed E-state index contributed by atoms with van der Waals surface area (Å²) in [5.41, 5.74) is 0.336. The number of rotatable bonds is 4. The summed E-state index contributed by atoms with van der Waals surface area (Å²) < 4.78 is 5.49. The van der Waals surface area contributed by atoms with Gasteiger partial charge in [-0.05, 0) is 30.3 Å². The lowest BCUT2D eigenvalue weighted by Crippen LogP contribution is -2.11. The van der Waals surface area contributed by atoms with Gasteiger partial charge in [0.05, 0.1) is 9.95 Å².